The van der Waals surface area contributed by atoms with Crippen LogP contribution in [0, 0.1) is 5.92 Å². The number of rotatable bonds is 5. The number of halogens is 2. The highest BCUT2D eigenvalue weighted by molar-refractivity contribution is 7.89. The van der Waals surface area contributed by atoms with Gasteiger partial charge in [0, 0.05) is 32.1 Å². The number of sulfonamides is 1. The summed E-state index contributed by atoms with van der Waals surface area (Å²) in [7, 11) is -3.82. The Kier molecular flexibility index (Phi) is 6.77. The van der Waals surface area contributed by atoms with Crippen LogP contribution in [-0.2, 0) is 14.8 Å². The Labute approximate surface area is 193 Å². The summed E-state index contributed by atoms with van der Waals surface area (Å²) in [6, 6.07) is 12.5. The van der Waals surface area contributed by atoms with Gasteiger partial charge in [-0.05, 0) is 49.9 Å². The molecule has 0 aliphatic carbocycles. The van der Waals surface area contributed by atoms with Gasteiger partial charge in [-0.1, -0.05) is 41.4 Å². The van der Waals surface area contributed by atoms with Gasteiger partial charge in [-0.25, -0.2) is 8.42 Å². The zero-order chi connectivity index (χ0) is 22.0. The van der Waals surface area contributed by atoms with Crippen molar-refractivity contribution in [2.75, 3.05) is 36.4 Å². The van der Waals surface area contributed by atoms with E-state index in [9.17, 15) is 13.2 Å². The summed E-state index contributed by atoms with van der Waals surface area (Å²) in [6.07, 6.45) is 3.20. The highest BCUT2D eigenvalue weighted by atomic mass is 35.5. The van der Waals surface area contributed by atoms with Crippen molar-refractivity contribution in [3.05, 3.63) is 52.5 Å². The first-order valence-electron chi connectivity index (χ1n) is 10.5. The van der Waals surface area contributed by atoms with Gasteiger partial charge in [0.25, 0.3) is 0 Å². The van der Waals surface area contributed by atoms with Crippen LogP contribution in [0.15, 0.2) is 47.4 Å². The van der Waals surface area contributed by atoms with Crippen LogP contribution in [0.1, 0.15) is 25.7 Å². The molecule has 2 aliphatic rings. The number of piperidine rings is 1. The van der Waals surface area contributed by atoms with Crippen molar-refractivity contribution in [2.24, 2.45) is 5.92 Å². The van der Waals surface area contributed by atoms with Gasteiger partial charge in [0.05, 0.1) is 21.4 Å². The fraction of sp³-hybridized carbons (Fsp3) is 0.409. The second kappa shape index (κ2) is 9.36. The third kappa shape index (κ3) is 4.70. The highest BCUT2D eigenvalue weighted by Gasteiger charge is 2.34. The van der Waals surface area contributed by atoms with Gasteiger partial charge in [-0.3, -0.25) is 4.79 Å². The Bertz CT molecular complexity index is 1040. The fourth-order valence-corrected chi connectivity index (χ4v) is 6.83. The van der Waals surface area contributed by atoms with Crippen molar-refractivity contribution in [3.8, 4) is 0 Å². The number of anilines is 2. The summed E-state index contributed by atoms with van der Waals surface area (Å²) in [5, 5.41) is 3.28. The molecule has 2 aromatic rings. The van der Waals surface area contributed by atoms with Crippen molar-refractivity contribution in [1.82, 2.24) is 4.31 Å². The van der Waals surface area contributed by atoms with E-state index in [1.807, 2.05) is 24.3 Å². The zero-order valence-electron chi connectivity index (χ0n) is 17.1. The van der Waals surface area contributed by atoms with Gasteiger partial charge in [0.1, 0.15) is 4.90 Å². The maximum absolute atomic E-state index is 13.0. The van der Waals surface area contributed by atoms with Crippen LogP contribution in [-0.4, -0.2) is 44.8 Å². The zero-order valence-corrected chi connectivity index (χ0v) is 19.4. The van der Waals surface area contributed by atoms with Crippen molar-refractivity contribution in [1.29, 1.82) is 0 Å². The molecule has 6 nitrogen and oxygen atoms in total. The molecule has 0 unspecified atom stereocenters. The maximum atomic E-state index is 13.0. The SMILES string of the molecule is O=C(Nc1ccccc1N1CCCC1)C1CCN(S(=O)(=O)c2c(Cl)cccc2Cl)CC1. The van der Waals surface area contributed by atoms with Crippen molar-refractivity contribution >= 4 is 50.5 Å². The van der Waals surface area contributed by atoms with Crippen molar-refractivity contribution < 1.29 is 13.2 Å². The molecule has 2 fully saturated rings. The molecule has 2 heterocycles. The second-order valence-corrected chi connectivity index (χ2v) is 10.6. The summed E-state index contributed by atoms with van der Waals surface area (Å²) in [5.74, 6) is -0.320. The Morgan fingerprint density at radius 3 is 2.16 bits per heavy atom. The average molecular weight is 482 g/mol. The molecule has 4 rings (SSSR count). The first-order chi connectivity index (χ1) is 14.9. The van der Waals surface area contributed by atoms with E-state index in [1.54, 1.807) is 6.07 Å². The van der Waals surface area contributed by atoms with E-state index in [4.69, 9.17) is 23.2 Å². The Hall–Kier alpha value is -1.80. The standard InChI is InChI=1S/C22H25Cl2N3O3S/c23-17-6-5-7-18(24)21(17)31(29,30)27-14-10-16(11-15-27)22(28)25-19-8-1-2-9-20(19)26-12-3-4-13-26/h1-2,5-9,16H,3-4,10-15H2,(H,25,28). The second-order valence-electron chi connectivity index (χ2n) is 7.93. The topological polar surface area (TPSA) is 69.7 Å². The monoisotopic (exact) mass is 481 g/mol. The lowest BCUT2D eigenvalue weighted by Gasteiger charge is -2.31. The molecular weight excluding hydrogens is 457 g/mol. The predicted molar refractivity (Wildman–Crippen MR) is 124 cm³/mol. The molecule has 2 aliphatic heterocycles. The number of amides is 1. The summed E-state index contributed by atoms with van der Waals surface area (Å²) >= 11 is 12.2. The minimum absolute atomic E-state index is 0.0687. The van der Waals surface area contributed by atoms with E-state index in [-0.39, 0.29) is 39.9 Å². The number of nitrogens with one attached hydrogen (secondary N) is 1. The normalized spacial score (nSPS) is 18.3. The number of carbonyl (C=O) groups excluding carboxylic acids is 1. The van der Waals surface area contributed by atoms with Gasteiger partial charge in [0.2, 0.25) is 15.9 Å². The summed E-state index contributed by atoms with van der Waals surface area (Å²) in [6.45, 7) is 2.48. The van der Waals surface area contributed by atoms with Gasteiger partial charge < -0.3 is 10.2 Å². The number of para-hydroxylation sites is 2. The molecule has 1 amide bonds. The van der Waals surface area contributed by atoms with Crippen LogP contribution in [0.2, 0.25) is 10.0 Å². The number of hydrogen-bond donors (Lipinski definition) is 1. The number of benzene rings is 2. The molecule has 1 N–H and O–H groups in total. The number of carbonyl (C=O) groups is 1. The fourth-order valence-electron chi connectivity index (χ4n) is 4.26. The smallest absolute Gasteiger partial charge is 0.246 e. The third-order valence-corrected chi connectivity index (χ3v) is 8.80. The van der Waals surface area contributed by atoms with Gasteiger partial charge in [0.15, 0.2) is 0 Å². The van der Waals surface area contributed by atoms with Crippen LogP contribution < -0.4 is 10.2 Å². The van der Waals surface area contributed by atoms with E-state index < -0.39 is 10.0 Å². The van der Waals surface area contributed by atoms with Gasteiger partial charge in [-0.2, -0.15) is 4.31 Å². The summed E-state index contributed by atoms with van der Waals surface area (Å²) in [4.78, 5) is 15.2. The van der Waals surface area contributed by atoms with Crippen molar-refractivity contribution in [3.63, 3.8) is 0 Å². The molecule has 0 radical (unpaired) electrons. The van der Waals surface area contributed by atoms with E-state index >= 15 is 0 Å². The average Bonchev–Trinajstić information content (AvgIpc) is 3.29. The molecule has 0 aromatic heterocycles. The molecule has 2 aromatic carbocycles. The quantitative estimate of drug-likeness (QED) is 0.675. The molecule has 0 spiro atoms. The molecule has 9 heteroatoms. The Morgan fingerprint density at radius 2 is 1.52 bits per heavy atom. The van der Waals surface area contributed by atoms with E-state index in [0.717, 1.165) is 37.3 Å². The largest absolute Gasteiger partial charge is 0.370 e. The summed E-state index contributed by atoms with van der Waals surface area (Å²) in [5.41, 5.74) is 1.86. The maximum Gasteiger partial charge on any atom is 0.246 e. The van der Waals surface area contributed by atoms with Crippen LogP contribution in [0.4, 0.5) is 11.4 Å². The molecular formula is C22H25Cl2N3O3S. The van der Waals surface area contributed by atoms with Crippen LogP contribution >= 0.6 is 23.2 Å². The van der Waals surface area contributed by atoms with Crippen LogP contribution in [0.5, 0.6) is 0 Å². The number of hydrogen-bond acceptors (Lipinski definition) is 4. The van der Waals surface area contributed by atoms with E-state index in [0.29, 0.717) is 12.8 Å². The predicted octanol–water partition coefficient (Wildman–Crippen LogP) is 4.63. The first kappa shape index (κ1) is 22.4. The Balaban J connectivity index is 1.42. The van der Waals surface area contributed by atoms with Gasteiger partial charge >= 0.3 is 0 Å². The van der Waals surface area contributed by atoms with E-state index in [2.05, 4.69) is 10.2 Å². The minimum atomic E-state index is -3.82. The molecule has 2 saturated heterocycles. The molecule has 0 atom stereocenters. The van der Waals surface area contributed by atoms with Gasteiger partial charge in [-0.15, -0.1) is 0 Å². The minimum Gasteiger partial charge on any atom is -0.370 e. The molecule has 0 bridgehead atoms. The lowest BCUT2D eigenvalue weighted by atomic mass is 9.97. The molecule has 166 valence electrons. The number of nitrogens with zero attached hydrogens (tertiary/aromatic N) is 2. The highest BCUT2D eigenvalue weighted by Crippen LogP contribution is 2.34. The van der Waals surface area contributed by atoms with Crippen LogP contribution in [0.3, 0.4) is 0 Å². The Morgan fingerprint density at radius 1 is 0.903 bits per heavy atom. The summed E-state index contributed by atoms with van der Waals surface area (Å²) < 4.78 is 27.4. The van der Waals surface area contributed by atoms with Crippen LogP contribution in [0.25, 0.3) is 0 Å². The lowest BCUT2D eigenvalue weighted by Crippen LogP contribution is -2.41. The molecule has 31 heavy (non-hydrogen) atoms. The van der Waals surface area contributed by atoms with Crippen molar-refractivity contribution in [2.45, 2.75) is 30.6 Å². The third-order valence-electron chi connectivity index (χ3n) is 5.95. The molecule has 0 saturated carbocycles. The van der Waals surface area contributed by atoms with E-state index in [1.165, 1.54) is 16.4 Å². The lowest BCUT2D eigenvalue weighted by molar-refractivity contribution is -0.120. The first-order valence-corrected chi connectivity index (χ1v) is 12.7.